The Morgan fingerprint density at radius 1 is 1.47 bits per heavy atom. The van der Waals surface area contributed by atoms with E-state index < -0.39 is 24.6 Å². The van der Waals surface area contributed by atoms with E-state index in [2.05, 4.69) is 14.6 Å². The summed E-state index contributed by atoms with van der Waals surface area (Å²) in [7, 11) is 2.29. The van der Waals surface area contributed by atoms with Crippen molar-refractivity contribution in [2.24, 2.45) is 0 Å². The van der Waals surface area contributed by atoms with Crippen molar-refractivity contribution in [1.29, 1.82) is 5.26 Å². The quantitative estimate of drug-likeness (QED) is 0.358. The number of hydrogen-bond acceptors (Lipinski definition) is 7. The smallest absolute Gasteiger partial charge is 0.323 e. The summed E-state index contributed by atoms with van der Waals surface area (Å²) in [4.78, 5) is 32.3. The van der Waals surface area contributed by atoms with E-state index in [9.17, 15) is 14.5 Å². The first-order valence-electron chi connectivity index (χ1n) is 5.13. The van der Waals surface area contributed by atoms with Crippen molar-refractivity contribution < 1.29 is 28.5 Å². The van der Waals surface area contributed by atoms with Crippen LogP contribution in [0.2, 0.25) is 0 Å². The predicted octanol–water partition coefficient (Wildman–Crippen LogP) is -0.172. The lowest BCUT2D eigenvalue weighted by Crippen LogP contribution is -2.38. The Labute approximate surface area is 115 Å². The summed E-state index contributed by atoms with van der Waals surface area (Å²) in [6.45, 7) is -3.57. The molecule has 0 saturated heterocycles. The van der Waals surface area contributed by atoms with Gasteiger partial charge in [0, 0.05) is 0 Å². The molecule has 1 unspecified atom stereocenters. The van der Waals surface area contributed by atoms with Gasteiger partial charge in [-0.1, -0.05) is 0 Å². The lowest BCUT2D eigenvalue weighted by molar-refractivity contribution is -0.149. The highest BCUT2D eigenvalue weighted by molar-refractivity contribution is 8.08. The molecule has 0 bridgehead atoms. The van der Waals surface area contributed by atoms with Crippen molar-refractivity contribution >= 4 is 30.4 Å². The summed E-state index contributed by atoms with van der Waals surface area (Å²) in [5.41, 5.74) is 0. The molecule has 0 aromatic heterocycles. The van der Waals surface area contributed by atoms with E-state index in [4.69, 9.17) is 21.6 Å². The van der Waals surface area contributed by atoms with E-state index in [1.807, 2.05) is 6.07 Å². The minimum Gasteiger partial charge on any atom is -0.469 e. The average molecular weight is 310 g/mol. The second-order valence-electron chi connectivity index (χ2n) is 3.25. The molecule has 0 saturated carbocycles. The van der Waals surface area contributed by atoms with Crippen molar-refractivity contribution in [3.05, 3.63) is 0 Å². The number of methoxy groups -OCH3 is 2. The summed E-state index contributed by atoms with van der Waals surface area (Å²) in [6, 6.07) is 0.640. The minimum atomic E-state index is -3.49. The molecule has 0 aromatic carbocycles. The molecule has 0 aromatic rings. The maximum atomic E-state index is 11.4. The highest BCUT2D eigenvalue weighted by Crippen LogP contribution is 2.38. The summed E-state index contributed by atoms with van der Waals surface area (Å²) >= 11 is 4.75. The van der Waals surface area contributed by atoms with E-state index >= 15 is 0 Å². The summed E-state index contributed by atoms with van der Waals surface area (Å²) in [6.07, 6.45) is -0.315. The highest BCUT2D eigenvalue weighted by Gasteiger charge is 2.29. The van der Waals surface area contributed by atoms with Crippen LogP contribution < -0.4 is 5.09 Å². The number of carbonyl (C=O) groups is 2. The normalized spacial score (nSPS) is 14.8. The van der Waals surface area contributed by atoms with Gasteiger partial charge in [0.2, 0.25) is 0 Å². The molecule has 108 valence electrons. The summed E-state index contributed by atoms with van der Waals surface area (Å²) < 4.78 is 13.8. The Morgan fingerprint density at radius 2 is 2.11 bits per heavy atom. The number of hydrogen-bond donors (Lipinski definition) is 2. The standard InChI is InChI=1S/C9H15N2O6PS/c1-15-8(12)6-7(9(13)16-2)11-18(14,19)17-5-3-4-10/h7H,3,5-6H2,1-2H3,(H2,11,14,19)/t7-,18?/m0/s1. The number of rotatable bonds is 8. The third kappa shape index (κ3) is 7.87. The van der Waals surface area contributed by atoms with Crippen LogP contribution in [0.15, 0.2) is 0 Å². The molecule has 10 heteroatoms. The van der Waals surface area contributed by atoms with Gasteiger partial charge in [0.05, 0.1) is 39.7 Å². The number of nitrogens with zero attached hydrogens (tertiary/aromatic N) is 1. The maximum Gasteiger partial charge on any atom is 0.323 e. The molecule has 0 aliphatic rings. The van der Waals surface area contributed by atoms with Crippen LogP contribution in [0.1, 0.15) is 12.8 Å². The van der Waals surface area contributed by atoms with Crippen molar-refractivity contribution in [2.45, 2.75) is 18.9 Å². The van der Waals surface area contributed by atoms with Gasteiger partial charge in [-0.15, -0.1) is 0 Å². The molecule has 0 fully saturated rings. The second-order valence-corrected chi connectivity index (χ2v) is 6.29. The lowest BCUT2D eigenvalue weighted by Gasteiger charge is -2.21. The van der Waals surface area contributed by atoms with Crippen molar-refractivity contribution in [2.75, 3.05) is 20.8 Å². The number of nitriles is 1. The molecule has 0 aliphatic carbocycles. The SMILES string of the molecule is COC(=O)C[C@H](NP(O)(=S)OCCC#N)C(=O)OC. The molecular formula is C9H15N2O6PS. The zero-order chi connectivity index (χ0) is 14.9. The summed E-state index contributed by atoms with van der Waals surface area (Å²) in [5.74, 6) is -1.45. The molecule has 19 heavy (non-hydrogen) atoms. The number of esters is 2. The molecule has 0 amide bonds. The first kappa shape index (κ1) is 18.0. The van der Waals surface area contributed by atoms with Crippen LogP contribution in [0.5, 0.6) is 0 Å². The Balaban J connectivity index is 4.62. The van der Waals surface area contributed by atoms with Crippen LogP contribution in [0.25, 0.3) is 0 Å². The fraction of sp³-hybridized carbons (Fsp3) is 0.667. The van der Waals surface area contributed by atoms with Gasteiger partial charge in [-0.05, 0) is 11.8 Å². The summed E-state index contributed by atoms with van der Waals surface area (Å²) in [5, 5.41) is 10.7. The Kier molecular flexibility index (Phi) is 8.47. The molecule has 2 N–H and O–H groups in total. The largest absolute Gasteiger partial charge is 0.469 e. The zero-order valence-corrected chi connectivity index (χ0v) is 12.2. The molecule has 0 spiro atoms. The van der Waals surface area contributed by atoms with Crippen LogP contribution in [0, 0.1) is 11.3 Å². The third-order valence-corrected chi connectivity index (χ3v) is 3.69. The average Bonchev–Trinajstić information content (AvgIpc) is 2.36. The second kappa shape index (κ2) is 8.96. The van der Waals surface area contributed by atoms with Gasteiger partial charge in [-0.3, -0.25) is 9.59 Å². The number of nitrogens with one attached hydrogen (secondary N) is 1. The fourth-order valence-corrected chi connectivity index (χ4v) is 2.63. The van der Waals surface area contributed by atoms with E-state index in [0.29, 0.717) is 0 Å². The highest BCUT2D eigenvalue weighted by atomic mass is 32.5. The topological polar surface area (TPSA) is 118 Å². The van der Waals surface area contributed by atoms with Gasteiger partial charge in [-0.2, -0.15) is 5.26 Å². The van der Waals surface area contributed by atoms with E-state index in [1.165, 1.54) is 0 Å². The Bertz CT molecular complexity index is 410. The van der Waals surface area contributed by atoms with E-state index in [1.54, 1.807) is 0 Å². The van der Waals surface area contributed by atoms with E-state index in [-0.39, 0.29) is 19.4 Å². The van der Waals surface area contributed by atoms with Gasteiger partial charge < -0.3 is 18.9 Å². The number of ether oxygens (including phenoxy) is 2. The van der Waals surface area contributed by atoms with Gasteiger partial charge >= 0.3 is 11.9 Å². The van der Waals surface area contributed by atoms with Crippen LogP contribution in [-0.4, -0.2) is 43.7 Å². The fourth-order valence-electron chi connectivity index (χ4n) is 1.02. The molecule has 0 radical (unpaired) electrons. The third-order valence-electron chi connectivity index (χ3n) is 1.88. The molecule has 8 nitrogen and oxygen atoms in total. The van der Waals surface area contributed by atoms with Crippen LogP contribution in [-0.2, 0) is 35.4 Å². The molecule has 0 aliphatic heterocycles. The Hall–Kier alpha value is -1.04. The van der Waals surface area contributed by atoms with Crippen LogP contribution >= 0.6 is 6.64 Å². The van der Waals surface area contributed by atoms with Crippen molar-refractivity contribution in [1.82, 2.24) is 5.09 Å². The van der Waals surface area contributed by atoms with Crippen molar-refractivity contribution in [3.63, 3.8) is 0 Å². The lowest BCUT2D eigenvalue weighted by atomic mass is 10.2. The number of carbonyl (C=O) groups excluding carboxylic acids is 2. The minimum absolute atomic E-state index is 0.0422. The van der Waals surface area contributed by atoms with Gasteiger partial charge in [0.15, 0.2) is 0 Å². The first-order chi connectivity index (χ1) is 8.86. The van der Waals surface area contributed by atoms with Gasteiger partial charge in [0.25, 0.3) is 6.64 Å². The zero-order valence-electron chi connectivity index (χ0n) is 10.5. The van der Waals surface area contributed by atoms with Crippen molar-refractivity contribution in [3.8, 4) is 6.07 Å². The predicted molar refractivity (Wildman–Crippen MR) is 68.3 cm³/mol. The molecule has 0 heterocycles. The molecular weight excluding hydrogens is 295 g/mol. The molecule has 0 rings (SSSR count). The Morgan fingerprint density at radius 3 is 2.58 bits per heavy atom. The van der Waals surface area contributed by atoms with E-state index in [0.717, 1.165) is 14.2 Å². The van der Waals surface area contributed by atoms with Crippen LogP contribution in [0.3, 0.4) is 0 Å². The monoisotopic (exact) mass is 310 g/mol. The van der Waals surface area contributed by atoms with Gasteiger partial charge in [0.1, 0.15) is 6.04 Å². The first-order valence-corrected chi connectivity index (χ1v) is 7.80. The van der Waals surface area contributed by atoms with Crippen LogP contribution in [0.4, 0.5) is 0 Å². The molecule has 2 atom stereocenters. The van der Waals surface area contributed by atoms with Gasteiger partial charge in [-0.25, -0.2) is 5.09 Å². The maximum absolute atomic E-state index is 11.4.